The molecule has 0 amide bonds. The Hall–Kier alpha value is -5.98. The first kappa shape index (κ1) is 46.0. The minimum Gasteiger partial charge on any atom is -0.435 e. The minimum atomic E-state index is 0.470. The zero-order valence-electron chi connectivity index (χ0n) is 38.4. The van der Waals surface area contributed by atoms with Gasteiger partial charge in [-0.25, -0.2) is 9.97 Å². The van der Waals surface area contributed by atoms with E-state index in [4.69, 9.17) is 18.8 Å². The number of hydrogen-bond donors (Lipinski definition) is 0. The van der Waals surface area contributed by atoms with E-state index in [2.05, 4.69) is 74.5 Å². The Kier molecular flexibility index (Phi) is 17.4. The summed E-state index contributed by atoms with van der Waals surface area (Å²) in [7, 11) is 0. The molecule has 7 aromatic rings. The van der Waals surface area contributed by atoms with Crippen molar-refractivity contribution in [2.24, 2.45) is 0 Å². The molecule has 0 radical (unpaired) electrons. The number of nitrogens with zero attached hydrogens (tertiary/aromatic N) is 4. The molecule has 0 aliphatic carbocycles. The van der Waals surface area contributed by atoms with E-state index in [1.165, 1.54) is 140 Å². The molecule has 0 saturated carbocycles. The van der Waals surface area contributed by atoms with E-state index in [1.54, 1.807) is 24.3 Å². The van der Waals surface area contributed by atoms with Gasteiger partial charge in [0.2, 0.25) is 11.8 Å². The van der Waals surface area contributed by atoms with Crippen molar-refractivity contribution < 1.29 is 8.83 Å². The number of fused-ring (bicyclic) bond motifs is 2. The number of aromatic nitrogens is 2. The SMILES string of the molecule is CCCCCCCCCCCCc1ccc(-c2c3nc(-c4ccc(C#N)cc4)oc3c(-c3ccc(CCCCCCCCCCCC)cc3)c3nc(-c4ccc(C#N)cc4)oc23)cc1. The normalized spacial score (nSPS) is 11.4. The van der Waals surface area contributed by atoms with Crippen LogP contribution in [0.1, 0.15) is 165 Å². The lowest BCUT2D eigenvalue weighted by atomic mass is 9.94. The fraction of sp³-hybridized carbons (Fsp3) is 0.414. The van der Waals surface area contributed by atoms with Crippen molar-refractivity contribution >= 4 is 22.2 Å². The Morgan fingerprint density at radius 3 is 0.984 bits per heavy atom. The molecular weight excluding hydrogens is 785 g/mol. The van der Waals surface area contributed by atoms with Gasteiger partial charge in [0.1, 0.15) is 11.0 Å². The van der Waals surface area contributed by atoms with E-state index in [-0.39, 0.29) is 0 Å². The summed E-state index contributed by atoms with van der Waals surface area (Å²) < 4.78 is 13.7. The third-order valence-electron chi connectivity index (χ3n) is 12.8. The highest BCUT2D eigenvalue weighted by Gasteiger charge is 2.27. The summed E-state index contributed by atoms with van der Waals surface area (Å²) in [5.74, 6) is 0.939. The zero-order valence-corrected chi connectivity index (χ0v) is 38.4. The molecule has 0 spiro atoms. The maximum atomic E-state index is 9.52. The molecule has 0 aliphatic heterocycles. The molecule has 0 bridgehead atoms. The molecule has 2 heterocycles. The van der Waals surface area contributed by atoms with Crippen molar-refractivity contribution in [3.8, 4) is 57.3 Å². The number of hydrogen-bond acceptors (Lipinski definition) is 6. The van der Waals surface area contributed by atoms with E-state index in [1.807, 2.05) is 24.3 Å². The summed E-state index contributed by atoms with van der Waals surface area (Å²) in [4.78, 5) is 10.4. The lowest BCUT2D eigenvalue weighted by molar-refractivity contribution is 0.556. The van der Waals surface area contributed by atoms with Gasteiger partial charge in [-0.15, -0.1) is 0 Å². The number of oxazole rings is 2. The van der Waals surface area contributed by atoms with Crippen LogP contribution in [0.15, 0.2) is 106 Å². The van der Waals surface area contributed by atoms with Gasteiger partial charge in [0.05, 0.1) is 34.4 Å². The van der Waals surface area contributed by atoms with Crippen LogP contribution in [0, 0.1) is 22.7 Å². The quantitative estimate of drug-likeness (QED) is 0.0503. The molecule has 64 heavy (non-hydrogen) atoms. The van der Waals surface area contributed by atoms with Crippen molar-refractivity contribution in [3.05, 3.63) is 119 Å². The van der Waals surface area contributed by atoms with E-state index >= 15 is 0 Å². The number of benzene rings is 5. The van der Waals surface area contributed by atoms with Crippen LogP contribution in [0.25, 0.3) is 67.4 Å². The van der Waals surface area contributed by atoms with E-state index in [9.17, 15) is 10.5 Å². The highest BCUT2D eigenvalue weighted by molar-refractivity contribution is 6.16. The predicted octanol–water partition coefficient (Wildman–Crippen LogP) is 17.3. The number of rotatable bonds is 26. The lowest BCUT2D eigenvalue weighted by Crippen LogP contribution is -1.91. The Bertz CT molecular complexity index is 2350. The molecule has 0 atom stereocenters. The van der Waals surface area contributed by atoms with Gasteiger partial charge in [-0.1, -0.05) is 178 Å². The smallest absolute Gasteiger partial charge is 0.227 e. The van der Waals surface area contributed by atoms with Gasteiger partial charge in [0, 0.05) is 11.1 Å². The molecule has 0 aliphatic rings. The van der Waals surface area contributed by atoms with E-state index in [0.717, 1.165) is 46.2 Å². The monoisotopic (exact) mass is 851 g/mol. The average Bonchev–Trinajstić information content (AvgIpc) is 3.98. The summed E-state index contributed by atoms with van der Waals surface area (Å²) in [5, 5.41) is 19.0. The molecule has 0 N–H and O–H groups in total. The largest absolute Gasteiger partial charge is 0.435 e. The van der Waals surface area contributed by atoms with Crippen molar-refractivity contribution in [1.82, 2.24) is 9.97 Å². The van der Waals surface area contributed by atoms with Gasteiger partial charge in [-0.3, -0.25) is 0 Å². The first-order chi connectivity index (χ1) is 31.6. The second kappa shape index (κ2) is 24.2. The van der Waals surface area contributed by atoms with Crippen LogP contribution in [-0.4, -0.2) is 9.97 Å². The maximum absolute atomic E-state index is 9.52. The van der Waals surface area contributed by atoms with Crippen molar-refractivity contribution in [2.45, 2.75) is 155 Å². The summed E-state index contributed by atoms with van der Waals surface area (Å²) in [6.45, 7) is 4.55. The minimum absolute atomic E-state index is 0.470. The van der Waals surface area contributed by atoms with Crippen LogP contribution in [0.5, 0.6) is 0 Å². The molecule has 0 unspecified atom stereocenters. The molecule has 0 saturated heterocycles. The Labute approximate surface area is 381 Å². The van der Waals surface area contributed by atoms with E-state index in [0.29, 0.717) is 45.1 Å². The highest BCUT2D eigenvalue weighted by Crippen LogP contribution is 2.46. The van der Waals surface area contributed by atoms with Crippen LogP contribution < -0.4 is 0 Å². The van der Waals surface area contributed by atoms with Gasteiger partial charge in [0.25, 0.3) is 0 Å². The van der Waals surface area contributed by atoms with Crippen molar-refractivity contribution in [3.63, 3.8) is 0 Å². The second-order valence-corrected chi connectivity index (χ2v) is 17.8. The fourth-order valence-corrected chi connectivity index (χ4v) is 9.00. The van der Waals surface area contributed by atoms with Gasteiger partial charge in [-0.05, 0) is 96.5 Å². The number of nitriles is 2. The van der Waals surface area contributed by atoms with Crippen LogP contribution in [0.4, 0.5) is 0 Å². The lowest BCUT2D eigenvalue weighted by Gasteiger charge is -2.10. The maximum Gasteiger partial charge on any atom is 0.227 e. The molecule has 2 aromatic heterocycles. The molecule has 6 nitrogen and oxygen atoms in total. The summed E-state index contributed by atoms with van der Waals surface area (Å²) in [6, 6.07) is 36.9. The number of unbranched alkanes of at least 4 members (excludes halogenated alkanes) is 18. The van der Waals surface area contributed by atoms with Crippen LogP contribution in [0.2, 0.25) is 0 Å². The Morgan fingerprint density at radius 1 is 0.375 bits per heavy atom. The molecule has 0 fully saturated rings. The van der Waals surface area contributed by atoms with Crippen molar-refractivity contribution in [1.29, 1.82) is 10.5 Å². The van der Waals surface area contributed by atoms with E-state index < -0.39 is 0 Å². The summed E-state index contributed by atoms with van der Waals surface area (Å²) >= 11 is 0. The molecule has 6 heteroatoms. The Morgan fingerprint density at radius 2 is 0.672 bits per heavy atom. The third-order valence-corrected chi connectivity index (χ3v) is 12.8. The van der Waals surface area contributed by atoms with Gasteiger partial charge in [-0.2, -0.15) is 10.5 Å². The third kappa shape index (κ3) is 12.2. The number of aryl methyl sites for hydroxylation is 2. The molecule has 330 valence electrons. The van der Waals surface area contributed by atoms with Gasteiger partial charge < -0.3 is 8.83 Å². The molecule has 7 rings (SSSR count). The molecule has 5 aromatic carbocycles. The van der Waals surface area contributed by atoms with Gasteiger partial charge in [0.15, 0.2) is 11.2 Å². The standard InChI is InChI=1S/C58H66N4O2/c1-3-5-7-9-11-13-15-17-19-21-23-43-25-33-47(34-26-43)51-53-56(64-57(61-53)49-37-29-45(41-59)30-38-49)52(54-55(51)63-58(62-54)50-39-31-46(42-60)32-40-50)48-35-27-44(28-36-48)24-22-20-18-16-14-12-10-8-6-4-2/h25-40H,3-24H2,1-2H3. The summed E-state index contributed by atoms with van der Waals surface area (Å²) in [6.07, 6.45) is 28.6. The topological polar surface area (TPSA) is 99.6 Å². The highest BCUT2D eigenvalue weighted by atomic mass is 16.4. The average molecular weight is 851 g/mol. The van der Waals surface area contributed by atoms with Crippen LogP contribution in [0.3, 0.4) is 0 Å². The fourth-order valence-electron chi connectivity index (χ4n) is 9.00. The van der Waals surface area contributed by atoms with Crippen LogP contribution >= 0.6 is 0 Å². The second-order valence-electron chi connectivity index (χ2n) is 17.8. The first-order valence-corrected chi connectivity index (χ1v) is 24.6. The van der Waals surface area contributed by atoms with Crippen molar-refractivity contribution in [2.75, 3.05) is 0 Å². The zero-order chi connectivity index (χ0) is 44.4. The Balaban J connectivity index is 1.19. The van der Waals surface area contributed by atoms with Crippen LogP contribution in [-0.2, 0) is 12.8 Å². The summed E-state index contributed by atoms with van der Waals surface area (Å²) in [5.41, 5.74) is 11.6. The predicted molar refractivity (Wildman–Crippen MR) is 264 cm³/mol. The first-order valence-electron chi connectivity index (χ1n) is 24.6. The van der Waals surface area contributed by atoms with Gasteiger partial charge >= 0.3 is 0 Å². The molecular formula is C58H66N4O2.